The number of ether oxygens (including phenoxy) is 3. The summed E-state index contributed by atoms with van der Waals surface area (Å²) in [4.78, 5) is 15.2. The van der Waals surface area contributed by atoms with Crippen LogP contribution in [0.4, 0.5) is 0 Å². The summed E-state index contributed by atoms with van der Waals surface area (Å²) in [6, 6.07) is 20.7. The second-order valence-electron chi connectivity index (χ2n) is 7.67. The van der Waals surface area contributed by atoms with E-state index in [0.29, 0.717) is 45.5 Å². The topological polar surface area (TPSA) is 48.0 Å². The van der Waals surface area contributed by atoms with Gasteiger partial charge in [0.25, 0.3) is 5.91 Å². The molecule has 5 nitrogen and oxygen atoms in total. The van der Waals surface area contributed by atoms with Crippen molar-refractivity contribution in [2.75, 3.05) is 13.7 Å². The van der Waals surface area contributed by atoms with E-state index in [2.05, 4.69) is 0 Å². The quantitative estimate of drug-likeness (QED) is 0.228. The Hall–Kier alpha value is -3.00. The minimum atomic E-state index is -0.114. The van der Waals surface area contributed by atoms with Crippen molar-refractivity contribution in [2.24, 2.45) is 0 Å². The third kappa shape index (κ3) is 6.36. The van der Waals surface area contributed by atoms with Crippen LogP contribution in [0.5, 0.6) is 17.2 Å². The maximum absolute atomic E-state index is 13.1. The molecule has 0 unspecified atom stereocenters. The van der Waals surface area contributed by atoms with Crippen molar-refractivity contribution in [3.8, 4) is 17.2 Å². The maximum atomic E-state index is 13.1. The number of hydrogen-bond acceptors (Lipinski definition) is 6. The van der Waals surface area contributed by atoms with Gasteiger partial charge < -0.3 is 14.2 Å². The second-order valence-corrected chi connectivity index (χ2v) is 9.78. The van der Waals surface area contributed by atoms with Crippen LogP contribution in [0.15, 0.2) is 71.6 Å². The fraction of sp³-hybridized carbons (Fsp3) is 0.185. The summed E-state index contributed by atoms with van der Waals surface area (Å²) in [7, 11) is 1.62. The molecule has 0 bridgehead atoms. The first-order valence-corrected chi connectivity index (χ1v) is 12.6. The van der Waals surface area contributed by atoms with E-state index in [9.17, 15) is 4.79 Å². The molecule has 1 saturated heterocycles. The number of benzene rings is 3. The standard InChI is InChI=1S/C27H24ClNO4S2/c1-3-32-24-14-20(8-13-23(24)33-17-19-4-9-21(28)10-5-19)15-25-26(30)29(27(34)35-25)16-18-6-11-22(31-2)12-7-18/h4-15H,3,16-17H2,1-2H3. The molecule has 0 atom stereocenters. The molecule has 0 aliphatic carbocycles. The van der Waals surface area contributed by atoms with Crippen molar-refractivity contribution < 1.29 is 19.0 Å². The van der Waals surface area contributed by atoms with E-state index in [0.717, 1.165) is 22.4 Å². The predicted molar refractivity (Wildman–Crippen MR) is 145 cm³/mol. The third-order valence-corrected chi connectivity index (χ3v) is 6.88. The number of rotatable bonds is 9. The molecule has 35 heavy (non-hydrogen) atoms. The van der Waals surface area contributed by atoms with E-state index in [1.807, 2.05) is 79.7 Å². The molecule has 0 saturated carbocycles. The van der Waals surface area contributed by atoms with Crippen molar-refractivity contribution in [1.29, 1.82) is 0 Å². The summed E-state index contributed by atoms with van der Waals surface area (Å²) in [5, 5.41) is 0.683. The summed E-state index contributed by atoms with van der Waals surface area (Å²) < 4.78 is 17.5. The van der Waals surface area contributed by atoms with Crippen molar-refractivity contribution in [2.45, 2.75) is 20.1 Å². The summed E-state index contributed by atoms with van der Waals surface area (Å²) in [6.45, 7) is 3.21. The van der Waals surface area contributed by atoms with Crippen LogP contribution in [-0.2, 0) is 17.9 Å². The molecular weight excluding hydrogens is 502 g/mol. The molecule has 1 heterocycles. The molecule has 0 N–H and O–H groups in total. The van der Waals surface area contributed by atoms with E-state index < -0.39 is 0 Å². The Morgan fingerprint density at radius 2 is 1.69 bits per heavy atom. The number of thioether (sulfide) groups is 1. The Morgan fingerprint density at radius 3 is 2.37 bits per heavy atom. The van der Waals surface area contributed by atoms with Crippen LogP contribution in [-0.4, -0.2) is 28.8 Å². The highest BCUT2D eigenvalue weighted by Crippen LogP contribution is 2.36. The fourth-order valence-electron chi connectivity index (χ4n) is 3.44. The first-order valence-electron chi connectivity index (χ1n) is 11.0. The number of hydrogen-bond donors (Lipinski definition) is 0. The Balaban J connectivity index is 1.48. The van der Waals surface area contributed by atoms with Crippen LogP contribution >= 0.6 is 35.6 Å². The van der Waals surface area contributed by atoms with Gasteiger partial charge >= 0.3 is 0 Å². The molecule has 1 fully saturated rings. The van der Waals surface area contributed by atoms with Crippen LogP contribution in [0.25, 0.3) is 6.08 Å². The van der Waals surface area contributed by atoms with Gasteiger partial charge in [0.15, 0.2) is 11.5 Å². The van der Waals surface area contributed by atoms with Gasteiger partial charge in [-0.15, -0.1) is 0 Å². The number of methoxy groups -OCH3 is 1. The number of carbonyl (C=O) groups is 1. The molecule has 8 heteroatoms. The zero-order chi connectivity index (χ0) is 24.8. The number of carbonyl (C=O) groups excluding carboxylic acids is 1. The number of thiocarbonyl (C=S) groups is 1. The van der Waals surface area contributed by atoms with E-state index in [4.69, 9.17) is 38.0 Å². The zero-order valence-electron chi connectivity index (χ0n) is 19.3. The van der Waals surface area contributed by atoms with Gasteiger partial charge in [-0.25, -0.2) is 0 Å². The average molecular weight is 526 g/mol. The zero-order valence-corrected chi connectivity index (χ0v) is 21.7. The van der Waals surface area contributed by atoms with Gasteiger partial charge in [0.05, 0.1) is 25.2 Å². The van der Waals surface area contributed by atoms with Gasteiger partial charge in [0.1, 0.15) is 16.7 Å². The van der Waals surface area contributed by atoms with Gasteiger partial charge in [0, 0.05) is 5.02 Å². The van der Waals surface area contributed by atoms with Crippen LogP contribution in [0.3, 0.4) is 0 Å². The van der Waals surface area contributed by atoms with Gasteiger partial charge in [-0.05, 0) is 66.1 Å². The number of halogens is 1. The Bertz CT molecular complexity index is 1240. The SMILES string of the molecule is CCOc1cc(C=C2SC(=S)N(Cc3ccc(OC)cc3)C2=O)ccc1OCc1ccc(Cl)cc1. The van der Waals surface area contributed by atoms with Gasteiger partial charge in [0.2, 0.25) is 0 Å². The van der Waals surface area contributed by atoms with E-state index >= 15 is 0 Å². The molecule has 180 valence electrons. The van der Waals surface area contributed by atoms with Gasteiger partial charge in [-0.3, -0.25) is 9.69 Å². The third-order valence-electron chi connectivity index (χ3n) is 5.25. The lowest BCUT2D eigenvalue weighted by Gasteiger charge is -2.14. The molecule has 0 radical (unpaired) electrons. The van der Waals surface area contributed by atoms with Crippen molar-refractivity contribution in [1.82, 2.24) is 4.90 Å². The largest absolute Gasteiger partial charge is 0.497 e. The first-order chi connectivity index (χ1) is 17.0. The van der Waals surface area contributed by atoms with E-state index in [-0.39, 0.29) is 5.91 Å². The first kappa shape index (κ1) is 25.1. The molecule has 4 rings (SSSR count). The highest BCUT2D eigenvalue weighted by atomic mass is 35.5. The van der Waals surface area contributed by atoms with E-state index in [1.54, 1.807) is 12.0 Å². The molecule has 1 amide bonds. The molecule has 3 aromatic carbocycles. The Kier molecular flexibility index (Phi) is 8.33. The number of nitrogens with zero attached hydrogens (tertiary/aromatic N) is 1. The predicted octanol–water partition coefficient (Wildman–Crippen LogP) is 6.73. The van der Waals surface area contributed by atoms with Crippen LogP contribution in [0.1, 0.15) is 23.6 Å². The minimum absolute atomic E-state index is 0.114. The normalized spacial score (nSPS) is 14.5. The summed E-state index contributed by atoms with van der Waals surface area (Å²) in [6.07, 6.45) is 1.83. The molecule has 1 aliphatic heterocycles. The summed E-state index contributed by atoms with van der Waals surface area (Å²) >= 11 is 12.7. The van der Waals surface area contributed by atoms with Crippen molar-refractivity contribution >= 4 is 51.9 Å². The fourth-order valence-corrected chi connectivity index (χ4v) is 4.83. The molecule has 0 aromatic heterocycles. The average Bonchev–Trinajstić information content (AvgIpc) is 3.12. The Labute approximate surface area is 219 Å². The lowest BCUT2D eigenvalue weighted by atomic mass is 10.1. The highest BCUT2D eigenvalue weighted by molar-refractivity contribution is 8.26. The smallest absolute Gasteiger partial charge is 0.266 e. The van der Waals surface area contributed by atoms with Crippen molar-refractivity contribution in [3.63, 3.8) is 0 Å². The molecule has 0 spiro atoms. The minimum Gasteiger partial charge on any atom is -0.497 e. The van der Waals surface area contributed by atoms with Crippen LogP contribution in [0, 0.1) is 0 Å². The van der Waals surface area contributed by atoms with Crippen molar-refractivity contribution in [3.05, 3.63) is 93.3 Å². The monoisotopic (exact) mass is 525 g/mol. The second kappa shape index (κ2) is 11.6. The maximum Gasteiger partial charge on any atom is 0.266 e. The molecular formula is C27H24ClNO4S2. The Morgan fingerprint density at radius 1 is 0.971 bits per heavy atom. The van der Waals surface area contributed by atoms with Crippen LogP contribution in [0.2, 0.25) is 5.02 Å². The number of amides is 1. The summed E-state index contributed by atoms with van der Waals surface area (Å²) in [5.41, 5.74) is 2.81. The lowest BCUT2D eigenvalue weighted by Crippen LogP contribution is -2.27. The van der Waals surface area contributed by atoms with Crippen LogP contribution < -0.4 is 14.2 Å². The summed E-state index contributed by atoms with van der Waals surface area (Å²) in [5.74, 6) is 1.90. The van der Waals surface area contributed by atoms with E-state index in [1.165, 1.54) is 11.8 Å². The lowest BCUT2D eigenvalue weighted by molar-refractivity contribution is -0.122. The highest BCUT2D eigenvalue weighted by Gasteiger charge is 2.32. The van der Waals surface area contributed by atoms with Gasteiger partial charge in [-0.1, -0.05) is 65.9 Å². The molecule has 1 aliphatic rings. The molecule has 3 aromatic rings. The van der Waals surface area contributed by atoms with Gasteiger partial charge in [-0.2, -0.15) is 0 Å².